The Hall–Kier alpha value is -1.58. The fourth-order valence-electron chi connectivity index (χ4n) is 2.44. The molecule has 1 aliphatic heterocycles. The van der Waals surface area contributed by atoms with Crippen molar-refractivity contribution in [2.45, 2.75) is 32.2 Å². The van der Waals surface area contributed by atoms with Crippen molar-refractivity contribution in [3.8, 4) is 6.07 Å². The van der Waals surface area contributed by atoms with Crippen molar-refractivity contribution in [2.24, 2.45) is 0 Å². The van der Waals surface area contributed by atoms with Crippen LogP contribution in [0.5, 0.6) is 0 Å². The third-order valence-corrected chi connectivity index (χ3v) is 4.58. The van der Waals surface area contributed by atoms with E-state index in [9.17, 15) is 4.79 Å². The number of rotatable bonds is 5. The molecule has 0 unspecified atom stereocenters. The van der Waals surface area contributed by atoms with Gasteiger partial charge in [-0.2, -0.15) is 5.26 Å². The third kappa shape index (κ3) is 3.11. The molecule has 0 fully saturated rings. The topological polar surface area (TPSA) is 79.3 Å². The highest BCUT2D eigenvalue weighted by molar-refractivity contribution is 7.16. The molecule has 2 N–H and O–H groups in total. The summed E-state index contributed by atoms with van der Waals surface area (Å²) in [5.74, 6) is 0.178. The molecule has 0 atom stereocenters. The fraction of sp³-hybridized carbons (Fsp3) is 0.571. The Bertz CT molecular complexity index is 533. The normalized spacial score (nSPS) is 13.9. The quantitative estimate of drug-likeness (QED) is 0.841. The Balaban J connectivity index is 1.94. The lowest BCUT2D eigenvalue weighted by Gasteiger charge is -2.27. The smallest absolute Gasteiger partial charge is 0.222 e. The zero-order valence-corrected chi connectivity index (χ0v) is 12.5. The van der Waals surface area contributed by atoms with E-state index >= 15 is 0 Å². The van der Waals surface area contributed by atoms with Gasteiger partial charge in [-0.25, -0.2) is 0 Å². The van der Waals surface area contributed by atoms with Crippen LogP contribution in [0.1, 0.15) is 35.3 Å². The van der Waals surface area contributed by atoms with Crippen LogP contribution in [0, 0.1) is 11.3 Å². The molecule has 0 spiro atoms. The van der Waals surface area contributed by atoms with Crippen molar-refractivity contribution in [1.29, 1.82) is 5.26 Å². The summed E-state index contributed by atoms with van der Waals surface area (Å²) in [5.41, 5.74) is 7.49. The van der Waals surface area contributed by atoms with Crippen molar-refractivity contribution in [1.82, 2.24) is 4.90 Å². The molecule has 1 aromatic rings. The van der Waals surface area contributed by atoms with Gasteiger partial charge in [0.2, 0.25) is 5.91 Å². The number of hydrogen-bond acceptors (Lipinski definition) is 5. The maximum atomic E-state index is 12.1. The lowest BCUT2D eigenvalue weighted by atomic mass is 10.0. The van der Waals surface area contributed by atoms with E-state index in [2.05, 4.69) is 6.07 Å². The van der Waals surface area contributed by atoms with Crippen LogP contribution in [-0.2, 0) is 22.5 Å². The Morgan fingerprint density at radius 1 is 1.55 bits per heavy atom. The summed E-state index contributed by atoms with van der Waals surface area (Å²) in [6.07, 6.45) is 3.05. The van der Waals surface area contributed by atoms with Gasteiger partial charge in [0.1, 0.15) is 11.1 Å². The minimum Gasteiger partial charge on any atom is -0.389 e. The molecule has 5 nitrogen and oxygen atoms in total. The molecule has 0 aliphatic carbocycles. The second-order valence-corrected chi connectivity index (χ2v) is 6.01. The number of fused-ring (bicyclic) bond motifs is 1. The highest BCUT2D eigenvalue weighted by Crippen LogP contribution is 2.34. The molecule has 0 radical (unpaired) electrons. The van der Waals surface area contributed by atoms with Gasteiger partial charge in [-0.15, -0.1) is 11.3 Å². The molecule has 2 heterocycles. The molecule has 1 aromatic heterocycles. The zero-order chi connectivity index (χ0) is 14.5. The van der Waals surface area contributed by atoms with Crippen LogP contribution in [0.15, 0.2) is 0 Å². The molecule has 6 heteroatoms. The van der Waals surface area contributed by atoms with Gasteiger partial charge in [0, 0.05) is 31.6 Å². The first kappa shape index (κ1) is 14.8. The molecule has 0 saturated carbocycles. The molecular formula is C14H19N3O2S. The summed E-state index contributed by atoms with van der Waals surface area (Å²) in [4.78, 5) is 15.1. The van der Waals surface area contributed by atoms with Crippen LogP contribution in [-0.4, -0.2) is 31.1 Å². The Kier molecular flexibility index (Phi) is 4.99. The predicted molar refractivity (Wildman–Crippen MR) is 78.3 cm³/mol. The number of unbranched alkanes of at least 4 members (excludes halogenated alkanes) is 1. The maximum absolute atomic E-state index is 12.1. The number of thiophene rings is 1. The molecule has 20 heavy (non-hydrogen) atoms. The first-order valence-corrected chi connectivity index (χ1v) is 7.55. The van der Waals surface area contributed by atoms with Gasteiger partial charge in [-0.3, -0.25) is 4.79 Å². The Morgan fingerprint density at radius 2 is 2.35 bits per heavy atom. The zero-order valence-electron chi connectivity index (χ0n) is 11.6. The van der Waals surface area contributed by atoms with E-state index in [4.69, 9.17) is 15.7 Å². The van der Waals surface area contributed by atoms with Gasteiger partial charge in [0.05, 0.1) is 12.1 Å². The van der Waals surface area contributed by atoms with Gasteiger partial charge < -0.3 is 15.4 Å². The lowest BCUT2D eigenvalue weighted by molar-refractivity contribution is -0.132. The van der Waals surface area contributed by atoms with Crippen molar-refractivity contribution in [2.75, 3.05) is 26.0 Å². The van der Waals surface area contributed by atoms with Gasteiger partial charge in [-0.05, 0) is 24.8 Å². The van der Waals surface area contributed by atoms with Crippen LogP contribution >= 0.6 is 11.3 Å². The number of ether oxygens (including phenoxy) is 1. The van der Waals surface area contributed by atoms with Gasteiger partial charge in [0.15, 0.2) is 0 Å². The molecule has 0 aromatic carbocycles. The maximum Gasteiger partial charge on any atom is 0.222 e. The molecule has 1 amide bonds. The van der Waals surface area contributed by atoms with E-state index in [1.54, 1.807) is 7.11 Å². The highest BCUT2D eigenvalue weighted by atomic mass is 32.1. The fourth-order valence-corrected chi connectivity index (χ4v) is 3.53. The van der Waals surface area contributed by atoms with Crippen molar-refractivity contribution in [3.63, 3.8) is 0 Å². The minimum atomic E-state index is 0.178. The predicted octanol–water partition coefficient (Wildman–Crippen LogP) is 1.90. The number of anilines is 1. The van der Waals surface area contributed by atoms with Crippen LogP contribution in [0.4, 0.5) is 5.00 Å². The van der Waals surface area contributed by atoms with E-state index in [1.807, 2.05) is 4.90 Å². The highest BCUT2D eigenvalue weighted by Gasteiger charge is 2.25. The molecule has 1 aliphatic rings. The SMILES string of the molecule is COCCCCC(=O)N1CCc2c(sc(N)c2C#N)C1. The first-order chi connectivity index (χ1) is 9.67. The summed E-state index contributed by atoms with van der Waals surface area (Å²) in [5, 5.41) is 9.67. The summed E-state index contributed by atoms with van der Waals surface area (Å²) >= 11 is 1.44. The van der Waals surface area contributed by atoms with Crippen molar-refractivity contribution >= 4 is 22.2 Å². The van der Waals surface area contributed by atoms with Crippen LogP contribution in [0.3, 0.4) is 0 Å². The Labute approximate surface area is 122 Å². The van der Waals surface area contributed by atoms with Crippen LogP contribution in [0.2, 0.25) is 0 Å². The molecule has 0 saturated heterocycles. The van der Waals surface area contributed by atoms with Crippen LogP contribution < -0.4 is 5.73 Å². The molecule has 0 bridgehead atoms. The summed E-state index contributed by atoms with van der Waals surface area (Å²) < 4.78 is 4.98. The van der Waals surface area contributed by atoms with Gasteiger partial charge in [0.25, 0.3) is 0 Å². The second-order valence-electron chi connectivity index (χ2n) is 4.87. The number of hydrogen-bond donors (Lipinski definition) is 1. The van der Waals surface area contributed by atoms with Gasteiger partial charge >= 0.3 is 0 Å². The van der Waals surface area contributed by atoms with Crippen LogP contribution in [0.25, 0.3) is 0 Å². The number of carbonyl (C=O) groups excluding carboxylic acids is 1. The largest absolute Gasteiger partial charge is 0.389 e. The minimum absolute atomic E-state index is 0.178. The average Bonchev–Trinajstić information content (AvgIpc) is 2.77. The number of nitriles is 1. The number of nitrogens with two attached hydrogens (primary N) is 1. The lowest BCUT2D eigenvalue weighted by Crippen LogP contribution is -2.35. The van der Waals surface area contributed by atoms with E-state index in [0.717, 1.165) is 29.7 Å². The number of nitrogens with zero attached hydrogens (tertiary/aromatic N) is 2. The van der Waals surface area contributed by atoms with Gasteiger partial charge in [-0.1, -0.05) is 0 Å². The number of methoxy groups -OCH3 is 1. The number of nitrogen functional groups attached to an aromatic ring is 1. The van der Waals surface area contributed by atoms with E-state index in [0.29, 0.717) is 36.7 Å². The number of amides is 1. The molecular weight excluding hydrogens is 274 g/mol. The van der Waals surface area contributed by atoms with Crippen molar-refractivity contribution < 1.29 is 9.53 Å². The molecule has 2 rings (SSSR count). The summed E-state index contributed by atoms with van der Waals surface area (Å²) in [7, 11) is 1.67. The Morgan fingerprint density at radius 3 is 3.05 bits per heavy atom. The summed E-state index contributed by atoms with van der Waals surface area (Å²) in [6.45, 7) is 1.97. The standard InChI is InChI=1S/C14H19N3O2S/c1-19-7-3-2-4-13(18)17-6-5-10-11(8-15)14(16)20-12(10)9-17/h2-7,9,16H2,1H3. The first-order valence-electron chi connectivity index (χ1n) is 6.74. The van der Waals surface area contributed by atoms with E-state index in [1.165, 1.54) is 11.3 Å². The third-order valence-electron chi connectivity index (χ3n) is 3.54. The summed E-state index contributed by atoms with van der Waals surface area (Å²) in [6, 6.07) is 2.16. The average molecular weight is 293 g/mol. The van der Waals surface area contributed by atoms with E-state index < -0.39 is 0 Å². The second kappa shape index (κ2) is 6.73. The number of carbonyl (C=O) groups is 1. The van der Waals surface area contributed by atoms with Crippen molar-refractivity contribution in [3.05, 3.63) is 16.0 Å². The monoisotopic (exact) mass is 293 g/mol. The van der Waals surface area contributed by atoms with E-state index in [-0.39, 0.29) is 5.91 Å². The molecule has 108 valence electrons.